The molecule has 0 saturated heterocycles. The molecule has 3 heterocycles. The van der Waals surface area contributed by atoms with Crippen LogP contribution in [0.25, 0.3) is 21.7 Å². The lowest BCUT2D eigenvalue weighted by Crippen LogP contribution is -2.29. The lowest BCUT2D eigenvalue weighted by molar-refractivity contribution is 0.0697. The SMILES string of the molecule is O=C(O)c1cc(-c2ccccc2F)c(=O)n2c1-c1sccc1CC2. The first-order valence-corrected chi connectivity index (χ1v) is 8.28. The molecule has 0 unspecified atom stereocenters. The van der Waals surface area contributed by atoms with Gasteiger partial charge in [-0.1, -0.05) is 18.2 Å². The maximum absolute atomic E-state index is 14.1. The summed E-state index contributed by atoms with van der Waals surface area (Å²) in [5.41, 5.74) is 1.33. The number of carbonyl (C=O) groups is 1. The maximum Gasteiger partial charge on any atom is 0.337 e. The number of aryl methyl sites for hydroxylation is 1. The number of hydrogen-bond acceptors (Lipinski definition) is 3. The van der Waals surface area contributed by atoms with Gasteiger partial charge in [-0.05, 0) is 35.6 Å². The van der Waals surface area contributed by atoms with E-state index < -0.39 is 11.8 Å². The summed E-state index contributed by atoms with van der Waals surface area (Å²) in [4.78, 5) is 25.5. The Balaban J connectivity index is 2.08. The molecule has 6 heteroatoms. The van der Waals surface area contributed by atoms with E-state index in [-0.39, 0.29) is 22.2 Å². The molecule has 120 valence electrons. The number of thiophene rings is 1. The Morgan fingerprint density at radius 3 is 2.75 bits per heavy atom. The highest BCUT2D eigenvalue weighted by atomic mass is 32.1. The number of fused-ring (bicyclic) bond motifs is 3. The van der Waals surface area contributed by atoms with Gasteiger partial charge in [-0.3, -0.25) is 4.79 Å². The molecule has 24 heavy (non-hydrogen) atoms. The van der Waals surface area contributed by atoms with E-state index in [1.807, 2.05) is 11.4 Å². The summed E-state index contributed by atoms with van der Waals surface area (Å²) in [6.45, 7) is 0.389. The minimum absolute atomic E-state index is 0.0243. The number of benzene rings is 1. The van der Waals surface area contributed by atoms with Crippen LogP contribution in [0, 0.1) is 5.82 Å². The maximum atomic E-state index is 14.1. The molecule has 0 spiro atoms. The third-order valence-corrected chi connectivity index (χ3v) is 5.21. The quantitative estimate of drug-likeness (QED) is 0.774. The van der Waals surface area contributed by atoms with E-state index in [1.165, 1.54) is 40.2 Å². The molecular formula is C18H12FNO3S. The summed E-state index contributed by atoms with van der Waals surface area (Å²) in [6, 6.07) is 9.15. The van der Waals surface area contributed by atoms with Crippen LogP contribution in [0.5, 0.6) is 0 Å². The van der Waals surface area contributed by atoms with Crippen molar-refractivity contribution in [3.8, 4) is 21.7 Å². The van der Waals surface area contributed by atoms with Crippen LogP contribution in [0.1, 0.15) is 15.9 Å². The second-order valence-corrected chi connectivity index (χ2v) is 6.50. The minimum Gasteiger partial charge on any atom is -0.478 e. The fourth-order valence-electron chi connectivity index (χ4n) is 3.13. The van der Waals surface area contributed by atoms with E-state index in [4.69, 9.17) is 0 Å². The molecule has 0 amide bonds. The number of hydrogen-bond donors (Lipinski definition) is 1. The smallest absolute Gasteiger partial charge is 0.337 e. The van der Waals surface area contributed by atoms with Crippen LogP contribution in [0.2, 0.25) is 0 Å². The van der Waals surface area contributed by atoms with Gasteiger partial charge in [0, 0.05) is 12.1 Å². The molecule has 4 rings (SSSR count). The highest BCUT2D eigenvalue weighted by Crippen LogP contribution is 2.36. The number of carboxylic acid groups (broad SMARTS) is 1. The van der Waals surface area contributed by atoms with Gasteiger partial charge in [0.25, 0.3) is 5.56 Å². The average Bonchev–Trinajstić information content (AvgIpc) is 3.04. The summed E-state index contributed by atoms with van der Waals surface area (Å²) in [5.74, 6) is -1.67. The Hall–Kier alpha value is -2.73. The van der Waals surface area contributed by atoms with Crippen molar-refractivity contribution < 1.29 is 14.3 Å². The second kappa shape index (κ2) is 5.42. The molecule has 2 aromatic heterocycles. The Labute approximate surface area is 140 Å². The van der Waals surface area contributed by atoms with Crippen LogP contribution in [0.4, 0.5) is 4.39 Å². The number of halogens is 1. The third kappa shape index (κ3) is 2.11. The standard InChI is InChI=1S/C18H12FNO3S/c19-14-4-2-1-3-11(14)12-9-13(18(22)23)15-16-10(6-8-24-16)5-7-20(15)17(12)21/h1-4,6,8-9H,5,7H2,(H,22,23). The van der Waals surface area contributed by atoms with Gasteiger partial charge in [0.15, 0.2) is 0 Å². The fraction of sp³-hybridized carbons (Fsp3) is 0.111. The highest BCUT2D eigenvalue weighted by molar-refractivity contribution is 7.13. The van der Waals surface area contributed by atoms with Crippen molar-refractivity contribution in [2.24, 2.45) is 0 Å². The van der Waals surface area contributed by atoms with Crippen molar-refractivity contribution in [1.29, 1.82) is 0 Å². The van der Waals surface area contributed by atoms with Crippen molar-refractivity contribution in [3.05, 3.63) is 69.1 Å². The van der Waals surface area contributed by atoms with Crippen LogP contribution < -0.4 is 5.56 Å². The largest absolute Gasteiger partial charge is 0.478 e. The lowest BCUT2D eigenvalue weighted by atomic mass is 9.98. The number of pyridine rings is 1. The minimum atomic E-state index is -1.13. The first kappa shape index (κ1) is 14.8. The van der Waals surface area contributed by atoms with E-state index in [9.17, 15) is 19.1 Å². The number of nitrogens with zero attached hydrogens (tertiary/aromatic N) is 1. The topological polar surface area (TPSA) is 59.3 Å². The monoisotopic (exact) mass is 341 g/mol. The first-order valence-electron chi connectivity index (χ1n) is 7.40. The van der Waals surface area contributed by atoms with Crippen molar-refractivity contribution in [3.63, 3.8) is 0 Å². The Morgan fingerprint density at radius 2 is 2.00 bits per heavy atom. The number of aromatic nitrogens is 1. The summed E-state index contributed by atoms with van der Waals surface area (Å²) in [6.07, 6.45) is 0.658. The summed E-state index contributed by atoms with van der Waals surface area (Å²) in [5, 5.41) is 11.5. The second-order valence-electron chi connectivity index (χ2n) is 5.59. The zero-order valence-electron chi connectivity index (χ0n) is 12.5. The van der Waals surface area contributed by atoms with E-state index in [0.29, 0.717) is 18.7 Å². The van der Waals surface area contributed by atoms with Crippen LogP contribution in [0.3, 0.4) is 0 Å². The van der Waals surface area contributed by atoms with E-state index >= 15 is 0 Å². The van der Waals surface area contributed by atoms with Gasteiger partial charge in [-0.25, -0.2) is 9.18 Å². The predicted octanol–water partition coefficient (Wildman–Crippen LogP) is 3.64. The molecule has 4 nitrogen and oxygen atoms in total. The summed E-state index contributed by atoms with van der Waals surface area (Å²) < 4.78 is 15.6. The van der Waals surface area contributed by atoms with Crippen molar-refractivity contribution >= 4 is 17.3 Å². The Bertz CT molecular complexity index is 1030. The number of rotatable bonds is 2. The predicted molar refractivity (Wildman–Crippen MR) is 90.1 cm³/mol. The molecule has 1 aliphatic rings. The van der Waals surface area contributed by atoms with E-state index in [2.05, 4.69) is 0 Å². The van der Waals surface area contributed by atoms with Crippen molar-refractivity contribution in [2.75, 3.05) is 0 Å². The highest BCUT2D eigenvalue weighted by Gasteiger charge is 2.27. The van der Waals surface area contributed by atoms with Gasteiger partial charge in [-0.15, -0.1) is 11.3 Å². The zero-order chi connectivity index (χ0) is 16.8. The molecule has 0 saturated carbocycles. The van der Waals surface area contributed by atoms with E-state index in [0.717, 1.165) is 10.4 Å². The molecule has 1 aliphatic heterocycles. The normalized spacial score (nSPS) is 12.5. The molecule has 1 N–H and O–H groups in total. The van der Waals surface area contributed by atoms with Crippen LogP contribution in [0.15, 0.2) is 46.6 Å². The van der Waals surface area contributed by atoms with Crippen molar-refractivity contribution in [2.45, 2.75) is 13.0 Å². The molecule has 0 fully saturated rings. The van der Waals surface area contributed by atoms with Gasteiger partial charge < -0.3 is 9.67 Å². The van der Waals surface area contributed by atoms with Crippen LogP contribution in [-0.2, 0) is 13.0 Å². The first-order chi connectivity index (χ1) is 11.6. The number of aromatic carboxylic acids is 1. The molecule has 1 aromatic carbocycles. The van der Waals surface area contributed by atoms with Gasteiger partial charge in [0.2, 0.25) is 0 Å². The lowest BCUT2D eigenvalue weighted by Gasteiger charge is -2.22. The van der Waals surface area contributed by atoms with Gasteiger partial charge in [-0.2, -0.15) is 0 Å². The van der Waals surface area contributed by atoms with Crippen LogP contribution in [-0.4, -0.2) is 15.6 Å². The molecule has 0 aliphatic carbocycles. The van der Waals surface area contributed by atoms with Crippen molar-refractivity contribution in [1.82, 2.24) is 4.57 Å². The summed E-state index contributed by atoms with van der Waals surface area (Å²) >= 11 is 1.42. The molecule has 0 radical (unpaired) electrons. The molecule has 0 atom stereocenters. The Kier molecular flexibility index (Phi) is 3.35. The Morgan fingerprint density at radius 1 is 1.21 bits per heavy atom. The zero-order valence-corrected chi connectivity index (χ0v) is 13.3. The van der Waals surface area contributed by atoms with Gasteiger partial charge in [0.1, 0.15) is 5.82 Å². The average molecular weight is 341 g/mol. The summed E-state index contributed by atoms with van der Waals surface area (Å²) in [7, 11) is 0. The van der Waals surface area contributed by atoms with Gasteiger partial charge >= 0.3 is 5.97 Å². The van der Waals surface area contributed by atoms with E-state index in [1.54, 1.807) is 6.07 Å². The third-order valence-electron chi connectivity index (χ3n) is 4.25. The molecular weight excluding hydrogens is 329 g/mol. The molecule has 0 bridgehead atoms. The van der Waals surface area contributed by atoms with Gasteiger partial charge in [0.05, 0.1) is 21.7 Å². The molecule has 3 aromatic rings. The number of carboxylic acids is 1. The fourth-order valence-corrected chi connectivity index (χ4v) is 4.15. The van der Waals surface area contributed by atoms with Crippen LogP contribution >= 0.6 is 11.3 Å².